The SMILES string of the molecule is COc1cc(C(N)CCC(=O)O)c(OC)c(F)c1OC. The molecule has 0 aliphatic heterocycles. The van der Waals surface area contributed by atoms with Gasteiger partial charge in [0.1, 0.15) is 0 Å². The average molecular weight is 287 g/mol. The second kappa shape index (κ2) is 6.95. The quantitative estimate of drug-likeness (QED) is 0.793. The Bertz CT molecular complexity index is 492. The number of hydrogen-bond donors (Lipinski definition) is 2. The van der Waals surface area contributed by atoms with Crippen molar-refractivity contribution in [1.82, 2.24) is 0 Å². The Morgan fingerprint density at radius 1 is 1.30 bits per heavy atom. The molecule has 112 valence electrons. The van der Waals surface area contributed by atoms with Gasteiger partial charge in [-0.05, 0) is 12.5 Å². The number of ether oxygens (including phenoxy) is 3. The molecule has 1 aromatic rings. The Labute approximate surface area is 116 Å². The average Bonchev–Trinajstić information content (AvgIpc) is 2.43. The number of aliphatic carboxylic acids is 1. The first-order chi connectivity index (χ1) is 9.46. The third kappa shape index (κ3) is 3.30. The molecule has 0 fully saturated rings. The first kappa shape index (κ1) is 16.0. The molecule has 20 heavy (non-hydrogen) atoms. The van der Waals surface area contributed by atoms with E-state index in [-0.39, 0.29) is 30.1 Å². The molecule has 0 amide bonds. The maximum absolute atomic E-state index is 14.2. The van der Waals surface area contributed by atoms with Crippen molar-refractivity contribution < 1.29 is 28.5 Å². The van der Waals surface area contributed by atoms with Gasteiger partial charge >= 0.3 is 5.97 Å². The summed E-state index contributed by atoms with van der Waals surface area (Å²) in [5.74, 6) is -1.68. The number of nitrogens with two attached hydrogens (primary N) is 1. The molecule has 6 nitrogen and oxygen atoms in total. The van der Waals surface area contributed by atoms with Crippen LogP contribution in [0.15, 0.2) is 6.07 Å². The van der Waals surface area contributed by atoms with Crippen LogP contribution in [-0.4, -0.2) is 32.4 Å². The second-order valence-electron chi connectivity index (χ2n) is 4.09. The zero-order valence-corrected chi connectivity index (χ0v) is 11.6. The third-order valence-electron chi connectivity index (χ3n) is 2.87. The van der Waals surface area contributed by atoms with Crippen molar-refractivity contribution in [1.29, 1.82) is 0 Å². The molecule has 0 radical (unpaired) electrons. The Morgan fingerprint density at radius 3 is 2.35 bits per heavy atom. The van der Waals surface area contributed by atoms with Crippen LogP contribution in [0, 0.1) is 5.82 Å². The summed E-state index contributed by atoms with van der Waals surface area (Å²) in [4.78, 5) is 10.6. The van der Waals surface area contributed by atoms with E-state index in [1.54, 1.807) is 0 Å². The lowest BCUT2D eigenvalue weighted by Gasteiger charge is -2.19. The fourth-order valence-corrected chi connectivity index (χ4v) is 1.87. The van der Waals surface area contributed by atoms with Crippen molar-refractivity contribution in [2.45, 2.75) is 18.9 Å². The van der Waals surface area contributed by atoms with Crippen LogP contribution in [0.5, 0.6) is 17.2 Å². The van der Waals surface area contributed by atoms with Gasteiger partial charge in [0.15, 0.2) is 11.5 Å². The van der Waals surface area contributed by atoms with Crippen molar-refractivity contribution in [3.63, 3.8) is 0 Å². The lowest BCUT2D eigenvalue weighted by atomic mass is 10.0. The maximum atomic E-state index is 14.2. The van der Waals surface area contributed by atoms with E-state index >= 15 is 0 Å². The Kier molecular flexibility index (Phi) is 5.57. The minimum Gasteiger partial charge on any atom is -0.493 e. The summed E-state index contributed by atoms with van der Waals surface area (Å²) in [7, 11) is 3.98. The zero-order chi connectivity index (χ0) is 15.3. The first-order valence-corrected chi connectivity index (χ1v) is 5.91. The van der Waals surface area contributed by atoms with Crippen LogP contribution >= 0.6 is 0 Å². The van der Waals surface area contributed by atoms with Crippen molar-refractivity contribution in [2.24, 2.45) is 5.73 Å². The molecule has 0 heterocycles. The summed E-state index contributed by atoms with van der Waals surface area (Å²) in [5, 5.41) is 8.67. The van der Waals surface area contributed by atoms with Crippen molar-refractivity contribution in [2.75, 3.05) is 21.3 Å². The highest BCUT2D eigenvalue weighted by molar-refractivity contribution is 5.66. The highest BCUT2D eigenvalue weighted by atomic mass is 19.1. The minimum atomic E-state index is -0.972. The molecule has 3 N–H and O–H groups in total. The van der Waals surface area contributed by atoms with Gasteiger partial charge in [0, 0.05) is 18.0 Å². The van der Waals surface area contributed by atoms with E-state index in [0.29, 0.717) is 5.56 Å². The van der Waals surface area contributed by atoms with E-state index in [0.717, 1.165) is 0 Å². The van der Waals surface area contributed by atoms with Crippen LogP contribution in [-0.2, 0) is 4.79 Å². The van der Waals surface area contributed by atoms with Gasteiger partial charge in [-0.25, -0.2) is 0 Å². The molecule has 0 saturated heterocycles. The number of carboxylic acids is 1. The molecular formula is C13H18FNO5. The number of halogens is 1. The van der Waals surface area contributed by atoms with Crippen LogP contribution in [0.2, 0.25) is 0 Å². The maximum Gasteiger partial charge on any atom is 0.303 e. The van der Waals surface area contributed by atoms with Gasteiger partial charge in [-0.15, -0.1) is 0 Å². The number of hydrogen-bond acceptors (Lipinski definition) is 5. The summed E-state index contributed by atoms with van der Waals surface area (Å²) in [6, 6.07) is 0.808. The molecule has 0 aliphatic carbocycles. The van der Waals surface area contributed by atoms with Gasteiger partial charge in [0.2, 0.25) is 11.6 Å². The lowest BCUT2D eigenvalue weighted by molar-refractivity contribution is -0.137. The molecule has 0 aliphatic rings. The van der Waals surface area contributed by atoms with E-state index in [1.165, 1.54) is 27.4 Å². The number of benzene rings is 1. The van der Waals surface area contributed by atoms with Crippen LogP contribution < -0.4 is 19.9 Å². The Morgan fingerprint density at radius 2 is 1.90 bits per heavy atom. The molecule has 0 bridgehead atoms. The van der Waals surface area contributed by atoms with Crippen LogP contribution in [0.1, 0.15) is 24.4 Å². The smallest absolute Gasteiger partial charge is 0.303 e. The summed E-state index contributed by atoms with van der Waals surface area (Å²) >= 11 is 0. The topological polar surface area (TPSA) is 91.0 Å². The molecule has 7 heteroatoms. The van der Waals surface area contributed by atoms with Gasteiger partial charge in [-0.2, -0.15) is 4.39 Å². The van der Waals surface area contributed by atoms with Gasteiger partial charge in [-0.1, -0.05) is 0 Å². The van der Waals surface area contributed by atoms with E-state index in [1.807, 2.05) is 0 Å². The highest BCUT2D eigenvalue weighted by Gasteiger charge is 2.24. The van der Waals surface area contributed by atoms with Gasteiger partial charge < -0.3 is 25.1 Å². The minimum absolute atomic E-state index is 0.0689. The highest BCUT2D eigenvalue weighted by Crippen LogP contribution is 2.41. The molecule has 0 spiro atoms. The lowest BCUT2D eigenvalue weighted by Crippen LogP contribution is -2.15. The fourth-order valence-electron chi connectivity index (χ4n) is 1.87. The van der Waals surface area contributed by atoms with Crippen molar-refractivity contribution in [3.05, 3.63) is 17.4 Å². The summed E-state index contributed by atoms with van der Waals surface area (Å²) < 4.78 is 29.2. The van der Waals surface area contributed by atoms with Crippen molar-refractivity contribution in [3.8, 4) is 17.2 Å². The van der Waals surface area contributed by atoms with Gasteiger partial charge in [0.25, 0.3) is 0 Å². The number of carboxylic acid groups (broad SMARTS) is 1. The van der Waals surface area contributed by atoms with Crippen molar-refractivity contribution >= 4 is 5.97 Å². The fraction of sp³-hybridized carbons (Fsp3) is 0.462. The first-order valence-electron chi connectivity index (χ1n) is 5.91. The van der Waals surface area contributed by atoms with E-state index in [9.17, 15) is 9.18 Å². The second-order valence-corrected chi connectivity index (χ2v) is 4.09. The third-order valence-corrected chi connectivity index (χ3v) is 2.87. The standard InChI is InChI=1S/C13H18FNO5/c1-18-9-6-7(8(15)4-5-10(16)17)12(19-2)11(14)13(9)20-3/h6,8H,4-5,15H2,1-3H3,(H,16,17). The van der Waals surface area contributed by atoms with E-state index in [2.05, 4.69) is 0 Å². The van der Waals surface area contributed by atoms with Gasteiger partial charge in [-0.3, -0.25) is 4.79 Å². The molecule has 1 atom stereocenters. The molecule has 1 aromatic carbocycles. The zero-order valence-electron chi connectivity index (χ0n) is 11.6. The van der Waals surface area contributed by atoms with Crippen LogP contribution in [0.3, 0.4) is 0 Å². The molecule has 0 aromatic heterocycles. The predicted octanol–water partition coefficient (Wildman–Crippen LogP) is 1.72. The molecule has 1 rings (SSSR count). The molecule has 1 unspecified atom stereocenters. The molecular weight excluding hydrogens is 269 g/mol. The van der Waals surface area contributed by atoms with E-state index in [4.69, 9.17) is 25.1 Å². The normalized spacial score (nSPS) is 11.8. The Hall–Kier alpha value is -2.02. The summed E-state index contributed by atoms with van der Waals surface area (Å²) in [6.45, 7) is 0. The number of carbonyl (C=O) groups is 1. The number of methoxy groups -OCH3 is 3. The van der Waals surface area contributed by atoms with Gasteiger partial charge in [0.05, 0.1) is 21.3 Å². The largest absolute Gasteiger partial charge is 0.493 e. The van der Waals surface area contributed by atoms with E-state index < -0.39 is 17.8 Å². The number of rotatable bonds is 7. The Balaban J connectivity index is 3.23. The monoisotopic (exact) mass is 287 g/mol. The molecule has 0 saturated carbocycles. The van der Waals surface area contributed by atoms with Crippen LogP contribution in [0.25, 0.3) is 0 Å². The predicted molar refractivity (Wildman–Crippen MR) is 69.9 cm³/mol. The van der Waals surface area contributed by atoms with Crippen LogP contribution in [0.4, 0.5) is 4.39 Å². The summed E-state index contributed by atoms with van der Waals surface area (Å²) in [5.41, 5.74) is 6.23. The summed E-state index contributed by atoms with van der Waals surface area (Å²) in [6.07, 6.45) is 0.0287.